The summed E-state index contributed by atoms with van der Waals surface area (Å²) < 4.78 is 15.3. The summed E-state index contributed by atoms with van der Waals surface area (Å²) in [7, 11) is 0. The van der Waals surface area contributed by atoms with Crippen molar-refractivity contribution in [1.82, 2.24) is 10.4 Å². The number of halogens is 3. The molecule has 0 saturated carbocycles. The number of carbonyl (C=O) groups excluding carboxylic acids is 7. The number of esters is 3. The minimum atomic E-state index is -1.00. The minimum Gasteiger partial charge on any atom is -0.466 e. The highest BCUT2D eigenvalue weighted by Crippen LogP contribution is 2.38. The van der Waals surface area contributed by atoms with Gasteiger partial charge in [-0.3, -0.25) is 28.8 Å². The second-order valence-corrected chi connectivity index (χ2v) is 10.9. The van der Waals surface area contributed by atoms with Gasteiger partial charge in [0.25, 0.3) is 11.8 Å². The first-order valence-corrected chi connectivity index (χ1v) is 14.5. The summed E-state index contributed by atoms with van der Waals surface area (Å²) in [4.78, 5) is 92.2. The number of nitrogens with one attached hydrogen (secondary N) is 1. The van der Waals surface area contributed by atoms with E-state index in [1.165, 1.54) is 19.9 Å². The van der Waals surface area contributed by atoms with Crippen molar-refractivity contribution in [3.8, 4) is 0 Å². The third-order valence-electron chi connectivity index (χ3n) is 4.46. The number of isocyanates is 1. The van der Waals surface area contributed by atoms with Crippen LogP contribution in [0.25, 0.3) is 0 Å². The van der Waals surface area contributed by atoms with Gasteiger partial charge in [0, 0.05) is 37.7 Å². The van der Waals surface area contributed by atoms with Gasteiger partial charge in [-0.15, -0.1) is 0 Å². The second-order valence-electron chi connectivity index (χ2n) is 7.67. The van der Waals surface area contributed by atoms with E-state index in [1.54, 1.807) is 67.8 Å². The highest BCUT2D eigenvalue weighted by Gasteiger charge is 2.32. The molecule has 1 aromatic rings. The maximum absolute atomic E-state index is 13.6. The van der Waals surface area contributed by atoms with E-state index < -0.39 is 41.8 Å². The Labute approximate surface area is 269 Å². The smallest absolute Gasteiger partial charge is 0.329 e. The first kappa shape index (κ1) is 35.6. The van der Waals surface area contributed by atoms with Crippen LogP contribution in [0.2, 0.25) is 0 Å². The van der Waals surface area contributed by atoms with Crippen LogP contribution in [-0.2, 0) is 43.0 Å². The summed E-state index contributed by atoms with van der Waals surface area (Å²) >= 11 is 5.33. The SMILES string of the molecule is CC(=O)OCCCN(OC(C)=O)C(=O)c1c(I)c(N=C=O)c(I)c(C(=O)NCC(COC(C)=O)OC(C)=O)c1I. The lowest BCUT2D eigenvalue weighted by molar-refractivity contribution is -0.176. The average Bonchev–Trinajstić information content (AvgIpc) is 2.84. The molecule has 17 heteroatoms. The third-order valence-corrected chi connectivity index (χ3v) is 7.64. The van der Waals surface area contributed by atoms with E-state index in [9.17, 15) is 33.6 Å². The van der Waals surface area contributed by atoms with Gasteiger partial charge < -0.3 is 24.4 Å². The van der Waals surface area contributed by atoms with E-state index in [0.717, 1.165) is 18.9 Å². The number of benzene rings is 1. The normalized spacial score (nSPS) is 10.9. The lowest BCUT2D eigenvalue weighted by atomic mass is 10.1. The van der Waals surface area contributed by atoms with E-state index in [-0.39, 0.29) is 60.2 Å². The van der Waals surface area contributed by atoms with Gasteiger partial charge in [0.1, 0.15) is 12.3 Å². The second kappa shape index (κ2) is 17.4. The fraction of sp³-hybridized carbons (Fsp3) is 0.435. The quantitative estimate of drug-likeness (QED) is 0.0619. The van der Waals surface area contributed by atoms with Crippen molar-refractivity contribution in [3.63, 3.8) is 0 Å². The van der Waals surface area contributed by atoms with Crippen molar-refractivity contribution in [2.75, 3.05) is 26.3 Å². The van der Waals surface area contributed by atoms with Crippen molar-refractivity contribution >= 4 is 115 Å². The molecule has 0 heterocycles. The summed E-state index contributed by atoms with van der Waals surface area (Å²) in [5.74, 6) is -4.16. The van der Waals surface area contributed by atoms with Gasteiger partial charge >= 0.3 is 23.9 Å². The van der Waals surface area contributed by atoms with Crippen LogP contribution >= 0.6 is 67.8 Å². The summed E-state index contributed by atoms with van der Waals surface area (Å²) in [6.45, 7) is 3.86. The number of carbonyl (C=O) groups is 6. The van der Waals surface area contributed by atoms with Gasteiger partial charge in [0.15, 0.2) is 6.10 Å². The minimum absolute atomic E-state index is 0.0238. The molecule has 2 amide bonds. The summed E-state index contributed by atoms with van der Waals surface area (Å²) in [5.41, 5.74) is -0.161. The van der Waals surface area contributed by atoms with Crippen LogP contribution in [0.1, 0.15) is 54.8 Å². The Hall–Kier alpha value is -2.39. The number of hydroxylamine groups is 2. The number of ether oxygens (including phenoxy) is 3. The zero-order valence-electron chi connectivity index (χ0n) is 21.6. The topological polar surface area (TPSA) is 184 Å². The summed E-state index contributed by atoms with van der Waals surface area (Å²) in [5, 5.41) is 3.31. The van der Waals surface area contributed by atoms with E-state index in [1.807, 2.05) is 0 Å². The maximum Gasteiger partial charge on any atom is 0.329 e. The first-order valence-electron chi connectivity index (χ1n) is 11.2. The van der Waals surface area contributed by atoms with Crippen molar-refractivity contribution in [2.45, 2.75) is 40.2 Å². The van der Waals surface area contributed by atoms with E-state index in [2.05, 4.69) is 10.3 Å². The molecule has 218 valence electrons. The van der Waals surface area contributed by atoms with Crippen LogP contribution in [0.4, 0.5) is 5.69 Å². The fourth-order valence-corrected chi connectivity index (χ4v) is 7.31. The van der Waals surface area contributed by atoms with Crippen LogP contribution in [0.15, 0.2) is 4.99 Å². The van der Waals surface area contributed by atoms with Crippen LogP contribution in [-0.4, -0.2) is 79.2 Å². The number of hydrogen-bond acceptors (Lipinski definition) is 12. The van der Waals surface area contributed by atoms with E-state index >= 15 is 0 Å². The lowest BCUT2D eigenvalue weighted by Crippen LogP contribution is -2.39. The Morgan fingerprint density at radius 3 is 2.00 bits per heavy atom. The molecule has 14 nitrogen and oxygen atoms in total. The molecule has 0 aliphatic heterocycles. The molecule has 1 N–H and O–H groups in total. The van der Waals surface area contributed by atoms with Crippen molar-refractivity contribution < 1.29 is 52.6 Å². The number of nitrogens with zero attached hydrogens (tertiary/aromatic N) is 2. The van der Waals surface area contributed by atoms with Crippen molar-refractivity contribution in [3.05, 3.63) is 21.8 Å². The Kier molecular flexibility index (Phi) is 15.5. The molecule has 0 aliphatic carbocycles. The zero-order valence-corrected chi connectivity index (χ0v) is 28.1. The van der Waals surface area contributed by atoms with Gasteiger partial charge in [-0.05, 0) is 67.8 Å². The molecule has 1 atom stereocenters. The maximum atomic E-state index is 13.6. The Bertz CT molecular complexity index is 1230. The van der Waals surface area contributed by atoms with Crippen LogP contribution in [0.3, 0.4) is 0 Å². The molecule has 40 heavy (non-hydrogen) atoms. The molecular weight excluding hydrogens is 875 g/mol. The molecule has 0 spiro atoms. The molecule has 1 aromatic carbocycles. The van der Waals surface area contributed by atoms with Crippen LogP contribution < -0.4 is 5.32 Å². The molecule has 1 unspecified atom stereocenters. The predicted octanol–water partition coefficient (Wildman–Crippen LogP) is 2.57. The van der Waals surface area contributed by atoms with Gasteiger partial charge in [-0.25, -0.2) is 4.79 Å². The van der Waals surface area contributed by atoms with E-state index in [0.29, 0.717) is 0 Å². The number of aliphatic imine (C=N–C) groups is 1. The van der Waals surface area contributed by atoms with Crippen LogP contribution in [0, 0.1) is 10.7 Å². The summed E-state index contributed by atoms with van der Waals surface area (Å²) in [6, 6.07) is 0. The van der Waals surface area contributed by atoms with Gasteiger partial charge in [0.05, 0.1) is 38.0 Å². The molecule has 0 fully saturated rings. The Morgan fingerprint density at radius 2 is 1.48 bits per heavy atom. The Balaban J connectivity index is 3.49. The zero-order chi connectivity index (χ0) is 30.6. The first-order chi connectivity index (χ1) is 18.7. The molecule has 0 radical (unpaired) electrons. The average molecular weight is 899 g/mol. The molecule has 0 bridgehead atoms. The van der Waals surface area contributed by atoms with E-state index in [4.69, 9.17) is 19.0 Å². The molecule has 1 rings (SSSR count). The number of amides is 2. The molecule has 0 aliphatic rings. The highest BCUT2D eigenvalue weighted by atomic mass is 127. The van der Waals surface area contributed by atoms with Gasteiger partial charge in [-0.1, -0.05) is 0 Å². The molecule has 0 aromatic heterocycles. The van der Waals surface area contributed by atoms with Crippen molar-refractivity contribution in [2.24, 2.45) is 4.99 Å². The largest absolute Gasteiger partial charge is 0.466 e. The standard InChI is InChI=1S/C23H24I3N3O11/c1-11(31)37-7-5-6-29(40-14(4)34)23(36)17-18(24)16(19(25)21(20(17)26)28-10-30)22(35)27-8-15(39-13(3)33)9-38-12(2)32/h15H,5-9H2,1-4H3,(H,27,35). The Morgan fingerprint density at radius 1 is 0.875 bits per heavy atom. The third kappa shape index (κ3) is 11.2. The van der Waals surface area contributed by atoms with Gasteiger partial charge in [0.2, 0.25) is 6.08 Å². The lowest BCUT2D eigenvalue weighted by Gasteiger charge is -2.23. The molecular formula is C23H24I3N3O11. The highest BCUT2D eigenvalue weighted by molar-refractivity contribution is 14.1. The summed E-state index contributed by atoms with van der Waals surface area (Å²) in [6.07, 6.45) is 0.520. The number of hydrogen-bond donors (Lipinski definition) is 1. The predicted molar refractivity (Wildman–Crippen MR) is 161 cm³/mol. The van der Waals surface area contributed by atoms with Crippen LogP contribution in [0.5, 0.6) is 0 Å². The van der Waals surface area contributed by atoms with Crippen molar-refractivity contribution in [1.29, 1.82) is 0 Å². The monoisotopic (exact) mass is 899 g/mol. The molecule has 0 saturated heterocycles. The fourth-order valence-electron chi connectivity index (χ4n) is 2.95. The van der Waals surface area contributed by atoms with Gasteiger partial charge in [-0.2, -0.15) is 10.1 Å². The number of rotatable bonds is 12.